The smallest absolute Gasteiger partial charge is 0.417 e. The number of alkyl halides is 3. The first-order valence-electron chi connectivity index (χ1n) is 7.52. The molecule has 9 heteroatoms. The van der Waals surface area contributed by atoms with E-state index in [1.165, 1.54) is 29.2 Å². The lowest BCUT2D eigenvalue weighted by molar-refractivity contribution is -0.137. The standard InChI is InChI=1S/C17H12ClF3N2O2S/c1-2-23-15(24)13(22-16(23)26)8-10-4-6-14(25-10)9-3-5-12(18)11(7-9)17(19,20)21/h3-8H,2H2,1H3,(H,22,26)/b13-8-. The Morgan fingerprint density at radius 3 is 2.65 bits per heavy atom. The molecule has 1 N–H and O–H groups in total. The molecule has 0 spiro atoms. The molecule has 0 aliphatic carbocycles. The maximum atomic E-state index is 13.0. The zero-order valence-electron chi connectivity index (χ0n) is 13.4. The number of thiocarbonyl (C=S) groups is 1. The van der Waals surface area contributed by atoms with E-state index < -0.39 is 11.7 Å². The third-order valence-corrected chi connectivity index (χ3v) is 4.40. The lowest BCUT2D eigenvalue weighted by Crippen LogP contribution is -2.30. The first-order valence-corrected chi connectivity index (χ1v) is 8.31. The molecule has 1 aliphatic heterocycles. The molecule has 1 saturated heterocycles. The van der Waals surface area contributed by atoms with Crippen LogP contribution in [0.25, 0.3) is 17.4 Å². The monoisotopic (exact) mass is 400 g/mol. The van der Waals surface area contributed by atoms with Crippen LogP contribution in [0.4, 0.5) is 13.2 Å². The van der Waals surface area contributed by atoms with Crippen molar-refractivity contribution in [2.45, 2.75) is 13.1 Å². The molecule has 3 rings (SSSR count). The molecule has 1 fully saturated rings. The Hall–Kier alpha value is -2.32. The number of benzene rings is 1. The van der Waals surface area contributed by atoms with Gasteiger partial charge in [0.15, 0.2) is 5.11 Å². The molecule has 1 aromatic heterocycles. The van der Waals surface area contributed by atoms with Gasteiger partial charge in [0.05, 0.1) is 10.6 Å². The van der Waals surface area contributed by atoms with Crippen molar-refractivity contribution in [3.8, 4) is 11.3 Å². The highest BCUT2D eigenvalue weighted by Crippen LogP contribution is 2.37. The van der Waals surface area contributed by atoms with E-state index in [9.17, 15) is 18.0 Å². The molecule has 0 atom stereocenters. The van der Waals surface area contributed by atoms with Crippen LogP contribution in [0, 0.1) is 0 Å². The zero-order chi connectivity index (χ0) is 19.1. The summed E-state index contributed by atoms with van der Waals surface area (Å²) in [6.45, 7) is 2.22. The van der Waals surface area contributed by atoms with Gasteiger partial charge in [-0.15, -0.1) is 0 Å². The highest BCUT2D eigenvalue weighted by molar-refractivity contribution is 7.80. The molecule has 0 saturated carbocycles. The number of furan rings is 1. The van der Waals surface area contributed by atoms with Crippen LogP contribution in [-0.2, 0) is 11.0 Å². The molecule has 0 unspecified atom stereocenters. The fourth-order valence-corrected chi connectivity index (χ4v) is 3.03. The summed E-state index contributed by atoms with van der Waals surface area (Å²) in [5.41, 5.74) is -0.475. The number of hydrogen-bond donors (Lipinski definition) is 1. The third-order valence-electron chi connectivity index (χ3n) is 3.75. The average Bonchev–Trinajstić information content (AvgIpc) is 3.12. The number of amides is 1. The fourth-order valence-electron chi connectivity index (χ4n) is 2.48. The number of halogens is 4. The summed E-state index contributed by atoms with van der Waals surface area (Å²) in [5, 5.41) is 2.69. The molecule has 4 nitrogen and oxygen atoms in total. The lowest BCUT2D eigenvalue weighted by atomic mass is 10.1. The summed E-state index contributed by atoms with van der Waals surface area (Å²) in [4.78, 5) is 13.5. The molecular formula is C17H12ClF3N2O2S. The van der Waals surface area contributed by atoms with Crippen molar-refractivity contribution >= 4 is 40.9 Å². The van der Waals surface area contributed by atoms with E-state index in [1.54, 1.807) is 13.0 Å². The Bertz CT molecular complexity index is 921. The molecular weight excluding hydrogens is 389 g/mol. The lowest BCUT2D eigenvalue weighted by Gasteiger charge is -2.09. The van der Waals surface area contributed by atoms with Crippen molar-refractivity contribution in [2.75, 3.05) is 6.54 Å². The second-order valence-electron chi connectivity index (χ2n) is 5.43. The number of carbonyl (C=O) groups is 1. The molecule has 0 radical (unpaired) electrons. The highest BCUT2D eigenvalue weighted by Gasteiger charge is 2.33. The first-order chi connectivity index (χ1) is 12.2. The van der Waals surface area contributed by atoms with Crippen LogP contribution < -0.4 is 5.32 Å². The van der Waals surface area contributed by atoms with Gasteiger partial charge in [-0.2, -0.15) is 13.2 Å². The van der Waals surface area contributed by atoms with Crippen molar-refractivity contribution in [3.63, 3.8) is 0 Å². The van der Waals surface area contributed by atoms with E-state index in [2.05, 4.69) is 5.32 Å². The van der Waals surface area contributed by atoms with Crippen LogP contribution >= 0.6 is 23.8 Å². The SMILES string of the molecule is CCN1C(=O)/C(=C/c2ccc(-c3ccc(Cl)c(C(F)(F)F)c3)o2)NC1=S. The molecule has 2 aromatic rings. The summed E-state index contributed by atoms with van der Waals surface area (Å²) in [6.07, 6.45) is -3.11. The Kier molecular flexibility index (Phi) is 4.81. The van der Waals surface area contributed by atoms with Crippen LogP contribution in [0.15, 0.2) is 40.4 Å². The van der Waals surface area contributed by atoms with Gasteiger partial charge in [-0.1, -0.05) is 11.6 Å². The van der Waals surface area contributed by atoms with E-state index in [-0.39, 0.29) is 28.0 Å². The average molecular weight is 401 g/mol. The highest BCUT2D eigenvalue weighted by atomic mass is 35.5. The zero-order valence-corrected chi connectivity index (χ0v) is 14.9. The van der Waals surface area contributed by atoms with E-state index in [0.717, 1.165) is 6.07 Å². The normalized spacial score (nSPS) is 16.5. The van der Waals surface area contributed by atoms with Crippen LogP contribution in [0.1, 0.15) is 18.2 Å². The van der Waals surface area contributed by atoms with Gasteiger partial charge >= 0.3 is 6.18 Å². The van der Waals surface area contributed by atoms with Crippen molar-refractivity contribution in [3.05, 3.63) is 52.4 Å². The number of nitrogens with zero attached hydrogens (tertiary/aromatic N) is 1. The Morgan fingerprint density at radius 2 is 2.04 bits per heavy atom. The summed E-state index contributed by atoms with van der Waals surface area (Å²) < 4.78 is 44.5. The van der Waals surface area contributed by atoms with Gasteiger partial charge in [0.1, 0.15) is 17.2 Å². The van der Waals surface area contributed by atoms with Crippen molar-refractivity contribution < 1.29 is 22.4 Å². The van der Waals surface area contributed by atoms with E-state index in [0.29, 0.717) is 17.4 Å². The number of hydrogen-bond acceptors (Lipinski definition) is 3. The molecule has 0 bridgehead atoms. The maximum Gasteiger partial charge on any atom is 0.417 e. The predicted octanol–water partition coefficient (Wildman–Crippen LogP) is 4.70. The van der Waals surface area contributed by atoms with Crippen LogP contribution in [-0.4, -0.2) is 22.5 Å². The summed E-state index contributed by atoms with van der Waals surface area (Å²) in [7, 11) is 0. The maximum absolute atomic E-state index is 13.0. The molecule has 1 aliphatic rings. The number of carbonyl (C=O) groups excluding carboxylic acids is 1. The fraction of sp³-hybridized carbons (Fsp3) is 0.176. The minimum atomic E-state index is -4.57. The van der Waals surface area contributed by atoms with Crippen molar-refractivity contribution in [1.29, 1.82) is 0 Å². The van der Waals surface area contributed by atoms with Crippen molar-refractivity contribution in [2.24, 2.45) is 0 Å². The molecule has 2 heterocycles. The molecule has 136 valence electrons. The van der Waals surface area contributed by atoms with E-state index in [4.69, 9.17) is 28.2 Å². The van der Waals surface area contributed by atoms with Crippen molar-refractivity contribution in [1.82, 2.24) is 10.2 Å². The van der Waals surface area contributed by atoms with Crippen LogP contribution in [0.3, 0.4) is 0 Å². The van der Waals surface area contributed by atoms with Gasteiger partial charge in [0, 0.05) is 18.2 Å². The van der Waals surface area contributed by atoms with Gasteiger partial charge in [0.2, 0.25) is 0 Å². The van der Waals surface area contributed by atoms with Gasteiger partial charge in [-0.05, 0) is 49.5 Å². The summed E-state index contributed by atoms with van der Waals surface area (Å²) >= 11 is 10.7. The van der Waals surface area contributed by atoms with Crippen LogP contribution in [0.5, 0.6) is 0 Å². The quantitative estimate of drug-likeness (QED) is 0.599. The minimum absolute atomic E-state index is 0.222. The second kappa shape index (κ2) is 6.77. The Balaban J connectivity index is 1.91. The summed E-state index contributed by atoms with van der Waals surface area (Å²) in [6, 6.07) is 6.59. The Labute approximate surface area is 157 Å². The van der Waals surface area contributed by atoms with E-state index >= 15 is 0 Å². The van der Waals surface area contributed by atoms with Gasteiger partial charge in [-0.25, -0.2) is 0 Å². The molecule has 26 heavy (non-hydrogen) atoms. The molecule has 1 aromatic carbocycles. The van der Waals surface area contributed by atoms with Crippen LogP contribution in [0.2, 0.25) is 5.02 Å². The number of nitrogens with one attached hydrogen (secondary N) is 1. The second-order valence-corrected chi connectivity index (χ2v) is 6.23. The summed E-state index contributed by atoms with van der Waals surface area (Å²) in [5.74, 6) is 0.237. The van der Waals surface area contributed by atoms with E-state index in [1.807, 2.05) is 0 Å². The predicted molar refractivity (Wildman–Crippen MR) is 95.3 cm³/mol. The number of likely N-dealkylation sites (N-methyl/N-ethyl adjacent to an activating group) is 1. The molecule has 1 amide bonds. The van der Waals surface area contributed by atoms with Gasteiger partial charge < -0.3 is 9.73 Å². The Morgan fingerprint density at radius 1 is 1.31 bits per heavy atom. The van der Waals surface area contributed by atoms with Gasteiger partial charge in [0.25, 0.3) is 5.91 Å². The van der Waals surface area contributed by atoms with Gasteiger partial charge in [-0.3, -0.25) is 9.69 Å². The topological polar surface area (TPSA) is 45.5 Å². The number of rotatable bonds is 3. The largest absolute Gasteiger partial charge is 0.457 e. The first kappa shape index (κ1) is 18.5. The minimum Gasteiger partial charge on any atom is -0.457 e. The third kappa shape index (κ3) is 3.47.